The van der Waals surface area contributed by atoms with Crippen molar-refractivity contribution in [3.63, 3.8) is 0 Å². The normalized spacial score (nSPS) is 11.7. The number of thiazole rings is 1. The van der Waals surface area contributed by atoms with Crippen LogP contribution >= 0.6 is 11.3 Å². The number of hydrogen-bond acceptors (Lipinski definition) is 4. The average Bonchev–Trinajstić information content (AvgIpc) is 2.85. The Hall–Kier alpha value is -1.46. The third-order valence-corrected chi connectivity index (χ3v) is 3.79. The Labute approximate surface area is 129 Å². The highest BCUT2D eigenvalue weighted by Gasteiger charge is 2.10. The van der Waals surface area contributed by atoms with E-state index in [0.717, 1.165) is 22.8 Å². The monoisotopic (exact) mass is 308 g/mol. The van der Waals surface area contributed by atoms with Crippen molar-refractivity contribution < 1.29 is 9.13 Å². The molecule has 3 nitrogen and oxygen atoms in total. The Morgan fingerprint density at radius 2 is 2.10 bits per heavy atom. The molecule has 0 amide bonds. The molecule has 2 rings (SSSR count). The van der Waals surface area contributed by atoms with E-state index in [1.54, 1.807) is 17.4 Å². The van der Waals surface area contributed by atoms with Gasteiger partial charge >= 0.3 is 0 Å². The van der Waals surface area contributed by atoms with Crippen molar-refractivity contribution in [2.24, 2.45) is 0 Å². The Morgan fingerprint density at radius 3 is 2.81 bits per heavy atom. The number of benzene rings is 1. The highest BCUT2D eigenvalue weighted by molar-refractivity contribution is 7.09. The van der Waals surface area contributed by atoms with E-state index in [0.29, 0.717) is 12.4 Å². The molecular weight excluding hydrogens is 287 g/mol. The third kappa shape index (κ3) is 5.10. The van der Waals surface area contributed by atoms with Gasteiger partial charge in [-0.25, -0.2) is 9.37 Å². The van der Waals surface area contributed by atoms with E-state index in [4.69, 9.17) is 4.74 Å². The van der Waals surface area contributed by atoms with Crippen LogP contribution in [0.3, 0.4) is 0 Å². The van der Waals surface area contributed by atoms with Crippen LogP contribution in [0.2, 0.25) is 0 Å². The molecule has 1 heterocycles. The van der Waals surface area contributed by atoms with Crippen LogP contribution in [0.25, 0.3) is 0 Å². The molecule has 0 saturated heterocycles. The molecule has 0 aliphatic carbocycles. The lowest BCUT2D eigenvalue weighted by Gasteiger charge is -2.19. The Balaban J connectivity index is 1.92. The molecule has 2 aromatic rings. The van der Waals surface area contributed by atoms with Gasteiger partial charge in [0.15, 0.2) is 0 Å². The quantitative estimate of drug-likeness (QED) is 0.904. The molecule has 0 spiro atoms. The topological polar surface area (TPSA) is 34.1 Å². The number of ether oxygens (including phenoxy) is 1. The Bertz CT molecular complexity index is 605. The van der Waals surface area contributed by atoms with E-state index in [9.17, 15) is 4.39 Å². The SMILES string of the molecule is Cc1ccc(F)cc1OCc1csc(CNC(C)(C)C)n1. The van der Waals surface area contributed by atoms with Crippen molar-refractivity contribution in [2.75, 3.05) is 0 Å². The Morgan fingerprint density at radius 1 is 1.33 bits per heavy atom. The Kier molecular flexibility index (Phi) is 4.96. The molecule has 1 aromatic heterocycles. The summed E-state index contributed by atoms with van der Waals surface area (Å²) in [6.45, 7) is 9.37. The summed E-state index contributed by atoms with van der Waals surface area (Å²) in [6, 6.07) is 4.55. The van der Waals surface area contributed by atoms with Crippen molar-refractivity contribution in [1.29, 1.82) is 0 Å². The van der Waals surface area contributed by atoms with Crippen LogP contribution < -0.4 is 10.1 Å². The van der Waals surface area contributed by atoms with Crippen molar-refractivity contribution >= 4 is 11.3 Å². The minimum atomic E-state index is -0.288. The summed E-state index contributed by atoms with van der Waals surface area (Å²) in [5.74, 6) is 0.279. The summed E-state index contributed by atoms with van der Waals surface area (Å²) in [6.07, 6.45) is 0. The van der Waals surface area contributed by atoms with E-state index in [1.807, 2.05) is 12.3 Å². The van der Waals surface area contributed by atoms with Crippen molar-refractivity contribution in [2.45, 2.75) is 46.4 Å². The van der Waals surface area contributed by atoms with Crippen LogP contribution in [-0.4, -0.2) is 10.5 Å². The molecule has 5 heteroatoms. The van der Waals surface area contributed by atoms with Crippen LogP contribution in [0.1, 0.15) is 37.0 Å². The second-order valence-electron chi connectivity index (χ2n) is 6.03. The number of nitrogens with zero attached hydrogens (tertiary/aromatic N) is 1. The first-order chi connectivity index (χ1) is 9.83. The van der Waals surface area contributed by atoms with Gasteiger partial charge in [-0.1, -0.05) is 6.07 Å². The van der Waals surface area contributed by atoms with E-state index in [1.165, 1.54) is 12.1 Å². The van der Waals surface area contributed by atoms with Crippen LogP contribution in [0, 0.1) is 12.7 Å². The van der Waals surface area contributed by atoms with Gasteiger partial charge in [-0.3, -0.25) is 0 Å². The first-order valence-electron chi connectivity index (χ1n) is 6.91. The van der Waals surface area contributed by atoms with Crippen molar-refractivity contribution in [3.8, 4) is 5.75 Å². The number of hydrogen-bond donors (Lipinski definition) is 1. The molecular formula is C16H21FN2OS. The van der Waals surface area contributed by atoms with Crippen LogP contribution in [0.15, 0.2) is 23.6 Å². The molecule has 114 valence electrons. The predicted molar refractivity (Wildman–Crippen MR) is 84.2 cm³/mol. The molecule has 0 bridgehead atoms. The van der Waals surface area contributed by atoms with Gasteiger partial charge in [0.1, 0.15) is 23.2 Å². The van der Waals surface area contributed by atoms with Gasteiger partial charge in [-0.2, -0.15) is 0 Å². The van der Waals surface area contributed by atoms with Gasteiger partial charge in [-0.05, 0) is 39.3 Å². The van der Waals surface area contributed by atoms with Gasteiger partial charge in [0.2, 0.25) is 0 Å². The molecule has 1 N–H and O–H groups in total. The fourth-order valence-corrected chi connectivity index (χ4v) is 2.44. The number of halogens is 1. The number of aryl methyl sites for hydroxylation is 1. The van der Waals surface area contributed by atoms with Crippen LogP contribution in [0.4, 0.5) is 4.39 Å². The summed E-state index contributed by atoms with van der Waals surface area (Å²) in [4.78, 5) is 4.52. The summed E-state index contributed by atoms with van der Waals surface area (Å²) in [7, 11) is 0. The highest BCUT2D eigenvalue weighted by atomic mass is 32.1. The fourth-order valence-electron chi connectivity index (χ4n) is 1.72. The second-order valence-corrected chi connectivity index (χ2v) is 6.98. The molecule has 0 aliphatic rings. The van der Waals surface area contributed by atoms with E-state index >= 15 is 0 Å². The average molecular weight is 308 g/mol. The maximum Gasteiger partial charge on any atom is 0.131 e. The minimum Gasteiger partial charge on any atom is -0.487 e. The zero-order valence-corrected chi connectivity index (χ0v) is 13.7. The summed E-state index contributed by atoms with van der Waals surface area (Å²) >= 11 is 1.61. The zero-order chi connectivity index (χ0) is 15.5. The van der Waals surface area contributed by atoms with E-state index < -0.39 is 0 Å². The maximum absolute atomic E-state index is 13.2. The van der Waals surface area contributed by atoms with E-state index in [2.05, 4.69) is 31.1 Å². The van der Waals surface area contributed by atoms with Gasteiger partial charge in [-0.15, -0.1) is 11.3 Å². The third-order valence-electron chi connectivity index (χ3n) is 2.89. The predicted octanol–water partition coefficient (Wildman–Crippen LogP) is 4.06. The number of aromatic nitrogens is 1. The zero-order valence-electron chi connectivity index (χ0n) is 12.9. The molecule has 21 heavy (non-hydrogen) atoms. The van der Waals surface area contributed by atoms with E-state index in [-0.39, 0.29) is 11.4 Å². The molecule has 1 aromatic carbocycles. The summed E-state index contributed by atoms with van der Waals surface area (Å²) in [5, 5.41) is 6.41. The first-order valence-corrected chi connectivity index (χ1v) is 7.79. The molecule has 0 radical (unpaired) electrons. The number of nitrogens with one attached hydrogen (secondary N) is 1. The number of rotatable bonds is 5. The highest BCUT2D eigenvalue weighted by Crippen LogP contribution is 2.20. The molecule has 0 saturated carbocycles. The largest absolute Gasteiger partial charge is 0.487 e. The second kappa shape index (κ2) is 6.54. The lowest BCUT2D eigenvalue weighted by molar-refractivity contribution is 0.298. The van der Waals surface area contributed by atoms with Gasteiger partial charge in [0, 0.05) is 23.5 Å². The standard InChI is InChI=1S/C16H21FN2OS/c1-11-5-6-12(17)7-14(11)20-9-13-10-21-15(19-13)8-18-16(2,3)4/h5-7,10,18H,8-9H2,1-4H3. The minimum absolute atomic E-state index is 0.0704. The lowest BCUT2D eigenvalue weighted by Crippen LogP contribution is -2.35. The van der Waals surface area contributed by atoms with Gasteiger partial charge < -0.3 is 10.1 Å². The van der Waals surface area contributed by atoms with Crippen LogP contribution in [-0.2, 0) is 13.2 Å². The molecule has 0 fully saturated rings. The fraction of sp³-hybridized carbons (Fsp3) is 0.438. The first kappa shape index (κ1) is 15.9. The van der Waals surface area contributed by atoms with Gasteiger partial charge in [0.25, 0.3) is 0 Å². The molecule has 0 unspecified atom stereocenters. The van der Waals surface area contributed by atoms with Crippen molar-refractivity contribution in [1.82, 2.24) is 10.3 Å². The summed E-state index contributed by atoms with van der Waals surface area (Å²) in [5.41, 5.74) is 1.86. The molecule has 0 aliphatic heterocycles. The van der Waals surface area contributed by atoms with Crippen molar-refractivity contribution in [3.05, 3.63) is 45.7 Å². The van der Waals surface area contributed by atoms with Gasteiger partial charge in [0.05, 0.1) is 5.69 Å². The summed E-state index contributed by atoms with van der Waals surface area (Å²) < 4.78 is 18.8. The van der Waals surface area contributed by atoms with Crippen LogP contribution in [0.5, 0.6) is 5.75 Å². The smallest absolute Gasteiger partial charge is 0.131 e. The maximum atomic E-state index is 13.2. The lowest BCUT2D eigenvalue weighted by atomic mass is 10.1. The molecule has 0 atom stereocenters.